The minimum Gasteiger partial charge on any atom is -0.494 e. The van der Waals surface area contributed by atoms with Crippen molar-refractivity contribution in [3.8, 4) is 16.3 Å². The average molecular weight is 318 g/mol. The second-order valence-corrected chi connectivity index (χ2v) is 6.47. The molecule has 1 saturated heterocycles. The van der Waals surface area contributed by atoms with Crippen molar-refractivity contribution in [1.82, 2.24) is 9.88 Å². The van der Waals surface area contributed by atoms with E-state index in [1.165, 1.54) is 0 Å². The van der Waals surface area contributed by atoms with Gasteiger partial charge in [0.15, 0.2) is 0 Å². The number of aromatic nitrogens is 1. The van der Waals surface area contributed by atoms with Gasteiger partial charge in [-0.25, -0.2) is 4.98 Å². The van der Waals surface area contributed by atoms with E-state index in [2.05, 4.69) is 22.4 Å². The normalized spacial score (nSPS) is 16.8. The molecule has 1 fully saturated rings. The molecular weight excluding hydrogens is 296 g/mol. The molecule has 1 N–H and O–H groups in total. The molecule has 1 aromatic heterocycles. The summed E-state index contributed by atoms with van der Waals surface area (Å²) in [5.74, 6) is 0.898. The van der Waals surface area contributed by atoms with Gasteiger partial charge in [0.2, 0.25) is 0 Å². The van der Waals surface area contributed by atoms with Crippen molar-refractivity contribution < 1.29 is 9.84 Å². The van der Waals surface area contributed by atoms with Crippen molar-refractivity contribution >= 4 is 11.3 Å². The highest BCUT2D eigenvalue weighted by Gasteiger charge is 2.18. The predicted molar refractivity (Wildman–Crippen MR) is 89.2 cm³/mol. The summed E-state index contributed by atoms with van der Waals surface area (Å²) in [6.07, 6.45) is 1.62. The Hall–Kier alpha value is -1.43. The smallest absolute Gasteiger partial charge is 0.123 e. The van der Waals surface area contributed by atoms with E-state index in [0.717, 1.165) is 54.5 Å². The van der Waals surface area contributed by atoms with Gasteiger partial charge in [0.1, 0.15) is 10.8 Å². The second kappa shape index (κ2) is 7.22. The van der Waals surface area contributed by atoms with E-state index in [0.29, 0.717) is 6.61 Å². The molecular formula is C17H22N2O2S. The Bertz CT molecular complexity index is 589. The molecule has 22 heavy (non-hydrogen) atoms. The topological polar surface area (TPSA) is 45.6 Å². The fraction of sp³-hybridized carbons (Fsp3) is 0.471. The highest BCUT2D eigenvalue weighted by Crippen LogP contribution is 2.26. The monoisotopic (exact) mass is 318 g/mol. The largest absolute Gasteiger partial charge is 0.494 e. The quantitative estimate of drug-likeness (QED) is 0.920. The molecule has 3 rings (SSSR count). The van der Waals surface area contributed by atoms with E-state index < -0.39 is 0 Å². The predicted octanol–water partition coefficient (Wildman–Crippen LogP) is 3.17. The summed E-state index contributed by atoms with van der Waals surface area (Å²) < 4.78 is 5.47. The lowest BCUT2D eigenvalue weighted by molar-refractivity contribution is 0.0787. The molecule has 4 nitrogen and oxygen atoms in total. The van der Waals surface area contributed by atoms with E-state index in [1.807, 2.05) is 19.1 Å². The van der Waals surface area contributed by atoms with Crippen LogP contribution in [0.2, 0.25) is 0 Å². The zero-order valence-corrected chi connectivity index (χ0v) is 13.7. The number of ether oxygens (including phenoxy) is 1. The number of aliphatic hydroxyl groups is 1. The lowest BCUT2D eigenvalue weighted by atomic mass is 10.1. The minimum absolute atomic E-state index is 0.119. The number of hydrogen-bond donors (Lipinski definition) is 1. The number of benzene rings is 1. The Kier molecular flexibility index (Phi) is 5.08. The molecule has 1 aromatic carbocycles. The molecule has 2 aromatic rings. The van der Waals surface area contributed by atoms with Gasteiger partial charge in [0, 0.05) is 30.6 Å². The molecule has 0 atom stereocenters. The molecule has 0 aliphatic carbocycles. The van der Waals surface area contributed by atoms with E-state index in [9.17, 15) is 5.11 Å². The molecule has 1 aliphatic rings. The van der Waals surface area contributed by atoms with Crippen molar-refractivity contribution in [3.05, 3.63) is 35.3 Å². The van der Waals surface area contributed by atoms with Crippen LogP contribution in [0.1, 0.15) is 25.5 Å². The van der Waals surface area contributed by atoms with Crippen molar-refractivity contribution in [2.45, 2.75) is 32.4 Å². The number of piperidine rings is 1. The summed E-state index contributed by atoms with van der Waals surface area (Å²) in [5.41, 5.74) is 2.25. The summed E-state index contributed by atoms with van der Waals surface area (Å²) in [4.78, 5) is 7.11. The first-order chi connectivity index (χ1) is 10.7. The number of aliphatic hydroxyl groups excluding tert-OH is 1. The summed E-state index contributed by atoms with van der Waals surface area (Å²) in [7, 11) is 0. The van der Waals surface area contributed by atoms with Crippen LogP contribution in [-0.2, 0) is 6.54 Å². The van der Waals surface area contributed by atoms with E-state index in [1.54, 1.807) is 11.3 Å². The third-order valence-corrected chi connectivity index (χ3v) is 4.85. The highest BCUT2D eigenvalue weighted by molar-refractivity contribution is 7.13. The van der Waals surface area contributed by atoms with Gasteiger partial charge in [-0.1, -0.05) is 0 Å². The summed E-state index contributed by atoms with van der Waals surface area (Å²) in [6.45, 7) is 5.46. The third kappa shape index (κ3) is 3.85. The third-order valence-electron chi connectivity index (χ3n) is 3.91. The maximum atomic E-state index is 9.56. The second-order valence-electron chi connectivity index (χ2n) is 5.61. The van der Waals surface area contributed by atoms with E-state index >= 15 is 0 Å². The van der Waals surface area contributed by atoms with E-state index in [4.69, 9.17) is 9.72 Å². The van der Waals surface area contributed by atoms with Gasteiger partial charge in [-0.3, -0.25) is 4.90 Å². The zero-order chi connectivity index (χ0) is 15.4. The number of rotatable bonds is 5. The molecule has 5 heteroatoms. The van der Waals surface area contributed by atoms with Crippen molar-refractivity contribution in [3.63, 3.8) is 0 Å². The Morgan fingerprint density at radius 2 is 2.00 bits per heavy atom. The van der Waals surface area contributed by atoms with Crippen LogP contribution < -0.4 is 4.74 Å². The van der Waals surface area contributed by atoms with Crippen LogP contribution in [0.4, 0.5) is 0 Å². The van der Waals surface area contributed by atoms with Crippen molar-refractivity contribution in [2.24, 2.45) is 0 Å². The lowest BCUT2D eigenvalue weighted by Gasteiger charge is -2.28. The van der Waals surface area contributed by atoms with Gasteiger partial charge in [-0.2, -0.15) is 0 Å². The fourth-order valence-corrected chi connectivity index (χ4v) is 3.50. The number of hydrogen-bond acceptors (Lipinski definition) is 5. The molecule has 1 aliphatic heterocycles. The highest BCUT2D eigenvalue weighted by atomic mass is 32.1. The SMILES string of the molecule is CCOc1ccc(-c2nc(CN3CCC(O)CC3)cs2)cc1. The van der Waals surface area contributed by atoms with Crippen LogP contribution in [0.25, 0.3) is 10.6 Å². The average Bonchev–Trinajstić information content (AvgIpc) is 2.99. The summed E-state index contributed by atoms with van der Waals surface area (Å²) in [5, 5.41) is 12.7. The zero-order valence-electron chi connectivity index (χ0n) is 12.9. The summed E-state index contributed by atoms with van der Waals surface area (Å²) in [6, 6.07) is 8.10. The van der Waals surface area contributed by atoms with Gasteiger partial charge < -0.3 is 9.84 Å². The van der Waals surface area contributed by atoms with Gasteiger partial charge >= 0.3 is 0 Å². The molecule has 2 heterocycles. The standard InChI is InChI=1S/C17H22N2O2S/c1-2-21-16-5-3-13(4-6-16)17-18-14(12-22-17)11-19-9-7-15(20)8-10-19/h3-6,12,15,20H,2,7-11H2,1H3. The Balaban J connectivity index is 1.63. The lowest BCUT2D eigenvalue weighted by Crippen LogP contribution is -2.35. The van der Waals surface area contributed by atoms with Crippen molar-refractivity contribution in [2.75, 3.05) is 19.7 Å². The molecule has 0 unspecified atom stereocenters. The van der Waals surface area contributed by atoms with Gasteiger partial charge in [-0.15, -0.1) is 11.3 Å². The molecule has 0 saturated carbocycles. The van der Waals surface area contributed by atoms with Crippen LogP contribution in [0.15, 0.2) is 29.6 Å². The Labute approximate surface area is 135 Å². The van der Waals surface area contributed by atoms with Crippen LogP contribution in [0, 0.1) is 0 Å². The van der Waals surface area contributed by atoms with Crippen LogP contribution in [-0.4, -0.2) is 40.8 Å². The molecule has 0 bridgehead atoms. The van der Waals surface area contributed by atoms with Crippen LogP contribution in [0.5, 0.6) is 5.75 Å². The minimum atomic E-state index is -0.119. The number of likely N-dealkylation sites (tertiary alicyclic amines) is 1. The molecule has 118 valence electrons. The van der Waals surface area contributed by atoms with Gasteiger partial charge in [0.05, 0.1) is 18.4 Å². The molecule has 0 spiro atoms. The molecule has 0 amide bonds. The van der Waals surface area contributed by atoms with Gasteiger partial charge in [0.25, 0.3) is 0 Å². The first kappa shape index (κ1) is 15.5. The Morgan fingerprint density at radius 1 is 1.27 bits per heavy atom. The number of thiazole rings is 1. The van der Waals surface area contributed by atoms with E-state index in [-0.39, 0.29) is 6.10 Å². The summed E-state index contributed by atoms with van der Waals surface area (Å²) >= 11 is 1.68. The first-order valence-corrected chi connectivity index (χ1v) is 8.70. The van der Waals surface area contributed by atoms with Crippen LogP contribution in [0.3, 0.4) is 0 Å². The fourth-order valence-electron chi connectivity index (χ4n) is 2.68. The number of nitrogens with zero attached hydrogens (tertiary/aromatic N) is 2. The van der Waals surface area contributed by atoms with Crippen molar-refractivity contribution in [1.29, 1.82) is 0 Å². The van der Waals surface area contributed by atoms with Gasteiger partial charge in [-0.05, 0) is 44.0 Å². The molecule has 0 radical (unpaired) electrons. The maximum absolute atomic E-state index is 9.56. The van der Waals surface area contributed by atoms with Crippen LogP contribution >= 0.6 is 11.3 Å². The maximum Gasteiger partial charge on any atom is 0.123 e. The Morgan fingerprint density at radius 3 is 2.68 bits per heavy atom. The first-order valence-electron chi connectivity index (χ1n) is 7.82.